The number of nitrogens with zero attached hydrogens (tertiary/aromatic N) is 4. The summed E-state index contributed by atoms with van der Waals surface area (Å²) in [5.41, 5.74) is 2.88. The highest BCUT2D eigenvalue weighted by molar-refractivity contribution is 5.92. The molecule has 7 heteroatoms. The summed E-state index contributed by atoms with van der Waals surface area (Å²) in [5, 5.41) is 4.45. The Morgan fingerprint density at radius 1 is 1.11 bits per heavy atom. The van der Waals surface area contributed by atoms with Crippen LogP contribution >= 0.6 is 0 Å². The second-order valence-corrected chi connectivity index (χ2v) is 7.15. The fraction of sp³-hybridized carbons (Fsp3) is 0.500. The van der Waals surface area contributed by atoms with Crippen molar-refractivity contribution in [3.63, 3.8) is 0 Å². The molecule has 4 rings (SSSR count). The first kappa shape index (κ1) is 17.9. The third-order valence-corrected chi connectivity index (χ3v) is 5.16. The molecular weight excluding hydrogens is 344 g/mol. The number of piperazine rings is 1. The van der Waals surface area contributed by atoms with Gasteiger partial charge in [0.2, 0.25) is 6.79 Å². The molecule has 0 radical (unpaired) electrons. The molecule has 0 spiro atoms. The minimum atomic E-state index is 0.0788. The molecule has 1 aromatic heterocycles. The Hall–Kier alpha value is -2.54. The lowest BCUT2D eigenvalue weighted by Crippen LogP contribution is -2.48. The zero-order valence-electron chi connectivity index (χ0n) is 16.0. The van der Waals surface area contributed by atoms with Gasteiger partial charge < -0.3 is 14.4 Å². The van der Waals surface area contributed by atoms with E-state index in [2.05, 4.69) is 23.0 Å². The summed E-state index contributed by atoms with van der Waals surface area (Å²) in [6.45, 7) is 6.46. The van der Waals surface area contributed by atoms with Crippen molar-refractivity contribution in [2.75, 3.05) is 33.0 Å². The molecule has 0 N–H and O–H groups in total. The van der Waals surface area contributed by atoms with Gasteiger partial charge in [-0.15, -0.1) is 0 Å². The summed E-state index contributed by atoms with van der Waals surface area (Å²) in [7, 11) is 1.85. The van der Waals surface area contributed by atoms with Gasteiger partial charge in [-0.1, -0.05) is 19.4 Å². The highest BCUT2D eigenvalue weighted by atomic mass is 16.7. The molecule has 7 nitrogen and oxygen atoms in total. The predicted molar refractivity (Wildman–Crippen MR) is 101 cm³/mol. The summed E-state index contributed by atoms with van der Waals surface area (Å²) >= 11 is 0. The van der Waals surface area contributed by atoms with Crippen LogP contribution in [0.1, 0.15) is 35.1 Å². The Morgan fingerprint density at radius 2 is 1.89 bits per heavy atom. The molecular formula is C20H26N4O3. The molecule has 1 aromatic carbocycles. The number of rotatable bonds is 5. The monoisotopic (exact) mass is 370 g/mol. The largest absolute Gasteiger partial charge is 0.454 e. The quantitative estimate of drug-likeness (QED) is 0.806. The number of benzene rings is 1. The number of hydrogen-bond donors (Lipinski definition) is 0. The maximum absolute atomic E-state index is 12.8. The Labute approximate surface area is 159 Å². The molecule has 0 saturated carbocycles. The van der Waals surface area contributed by atoms with Gasteiger partial charge in [-0.05, 0) is 30.2 Å². The number of aromatic nitrogens is 2. The smallest absolute Gasteiger partial charge is 0.272 e. The molecule has 1 amide bonds. The standard InChI is InChI=1S/C20H26N4O3/c1-3-4-16-12-17(22(2)21-16)20(25)24-9-7-23(8-10-24)13-15-5-6-18-19(11-15)27-14-26-18/h5-6,11-12H,3-4,7-10,13-14H2,1-2H3. The number of carbonyl (C=O) groups is 1. The first-order valence-electron chi connectivity index (χ1n) is 9.57. The molecule has 0 bridgehead atoms. The molecule has 3 heterocycles. The van der Waals surface area contributed by atoms with Crippen LogP contribution in [0.15, 0.2) is 24.3 Å². The van der Waals surface area contributed by atoms with Gasteiger partial charge >= 0.3 is 0 Å². The third-order valence-electron chi connectivity index (χ3n) is 5.16. The second-order valence-electron chi connectivity index (χ2n) is 7.15. The maximum Gasteiger partial charge on any atom is 0.272 e. The van der Waals surface area contributed by atoms with Crippen molar-refractivity contribution >= 4 is 5.91 Å². The lowest BCUT2D eigenvalue weighted by molar-refractivity contribution is 0.0617. The molecule has 1 fully saturated rings. The Balaban J connectivity index is 1.34. The molecule has 0 aliphatic carbocycles. The van der Waals surface area contributed by atoms with Crippen LogP contribution in [0.25, 0.3) is 0 Å². The summed E-state index contributed by atoms with van der Waals surface area (Å²) in [4.78, 5) is 17.1. The number of amides is 1. The van der Waals surface area contributed by atoms with E-state index in [1.165, 1.54) is 5.56 Å². The van der Waals surface area contributed by atoms with Crippen LogP contribution in [-0.4, -0.2) is 58.5 Å². The zero-order chi connectivity index (χ0) is 18.8. The Morgan fingerprint density at radius 3 is 2.67 bits per heavy atom. The lowest BCUT2D eigenvalue weighted by Gasteiger charge is -2.34. The van der Waals surface area contributed by atoms with E-state index < -0.39 is 0 Å². The third kappa shape index (κ3) is 3.78. The number of ether oxygens (including phenoxy) is 2. The van der Waals surface area contributed by atoms with Crippen molar-refractivity contribution in [1.82, 2.24) is 19.6 Å². The average Bonchev–Trinajstić information content (AvgIpc) is 3.28. The van der Waals surface area contributed by atoms with Crippen molar-refractivity contribution < 1.29 is 14.3 Å². The van der Waals surface area contributed by atoms with E-state index in [1.54, 1.807) is 4.68 Å². The molecule has 0 atom stereocenters. The van der Waals surface area contributed by atoms with E-state index in [-0.39, 0.29) is 5.91 Å². The first-order valence-corrected chi connectivity index (χ1v) is 9.57. The highest BCUT2D eigenvalue weighted by Gasteiger charge is 2.25. The fourth-order valence-corrected chi connectivity index (χ4v) is 3.67. The van der Waals surface area contributed by atoms with E-state index in [9.17, 15) is 4.79 Å². The molecule has 1 saturated heterocycles. The fourth-order valence-electron chi connectivity index (χ4n) is 3.67. The van der Waals surface area contributed by atoms with Crippen LogP contribution in [0.5, 0.6) is 11.5 Å². The van der Waals surface area contributed by atoms with Crippen LogP contribution in [-0.2, 0) is 20.0 Å². The molecule has 27 heavy (non-hydrogen) atoms. The maximum atomic E-state index is 12.8. The number of carbonyl (C=O) groups excluding carboxylic acids is 1. The van der Waals surface area contributed by atoms with Gasteiger partial charge in [-0.2, -0.15) is 5.10 Å². The highest BCUT2D eigenvalue weighted by Crippen LogP contribution is 2.32. The second kappa shape index (κ2) is 7.60. The van der Waals surface area contributed by atoms with Crippen molar-refractivity contribution in [2.24, 2.45) is 7.05 Å². The van der Waals surface area contributed by atoms with Gasteiger partial charge in [0.15, 0.2) is 11.5 Å². The van der Waals surface area contributed by atoms with Gasteiger partial charge in [0.05, 0.1) is 5.69 Å². The SMILES string of the molecule is CCCc1cc(C(=O)N2CCN(Cc3ccc4c(c3)OCO4)CC2)n(C)n1. The topological polar surface area (TPSA) is 59.8 Å². The van der Waals surface area contributed by atoms with Gasteiger partial charge in [0.25, 0.3) is 5.91 Å². The van der Waals surface area contributed by atoms with Crippen molar-refractivity contribution in [2.45, 2.75) is 26.3 Å². The van der Waals surface area contributed by atoms with Gasteiger partial charge in [0, 0.05) is 39.8 Å². The van der Waals surface area contributed by atoms with Gasteiger partial charge in [-0.3, -0.25) is 14.4 Å². The summed E-state index contributed by atoms with van der Waals surface area (Å²) < 4.78 is 12.5. The molecule has 0 unspecified atom stereocenters. The van der Waals surface area contributed by atoms with E-state index >= 15 is 0 Å². The minimum Gasteiger partial charge on any atom is -0.454 e. The van der Waals surface area contributed by atoms with E-state index in [0.29, 0.717) is 12.5 Å². The van der Waals surface area contributed by atoms with Gasteiger partial charge in [-0.25, -0.2) is 0 Å². The minimum absolute atomic E-state index is 0.0788. The zero-order valence-corrected chi connectivity index (χ0v) is 16.0. The van der Waals surface area contributed by atoms with Crippen molar-refractivity contribution in [3.05, 3.63) is 41.2 Å². The number of fused-ring (bicyclic) bond motifs is 1. The Kier molecular flexibility index (Phi) is 5.03. The Bertz CT molecular complexity index is 825. The van der Waals surface area contributed by atoms with Crippen LogP contribution in [0, 0.1) is 0 Å². The summed E-state index contributed by atoms with van der Waals surface area (Å²) in [5.74, 6) is 1.71. The molecule has 2 aliphatic rings. The van der Waals surface area contributed by atoms with E-state index in [0.717, 1.165) is 62.8 Å². The number of hydrogen-bond acceptors (Lipinski definition) is 5. The lowest BCUT2D eigenvalue weighted by atomic mass is 10.1. The normalized spacial score (nSPS) is 16.7. The number of aryl methyl sites for hydroxylation is 2. The molecule has 144 valence electrons. The molecule has 2 aliphatic heterocycles. The van der Waals surface area contributed by atoms with Crippen LogP contribution in [0.3, 0.4) is 0 Å². The van der Waals surface area contributed by atoms with Crippen molar-refractivity contribution in [1.29, 1.82) is 0 Å². The van der Waals surface area contributed by atoms with Gasteiger partial charge in [0.1, 0.15) is 5.69 Å². The van der Waals surface area contributed by atoms with E-state index in [1.807, 2.05) is 30.1 Å². The van der Waals surface area contributed by atoms with Crippen LogP contribution in [0.4, 0.5) is 0 Å². The van der Waals surface area contributed by atoms with Crippen molar-refractivity contribution in [3.8, 4) is 11.5 Å². The predicted octanol–water partition coefficient (Wildman–Crippen LogP) is 2.06. The average molecular weight is 370 g/mol. The van der Waals surface area contributed by atoms with Crippen LogP contribution < -0.4 is 9.47 Å². The first-order chi connectivity index (χ1) is 13.1. The van der Waals surface area contributed by atoms with Crippen LogP contribution in [0.2, 0.25) is 0 Å². The van der Waals surface area contributed by atoms with E-state index in [4.69, 9.17) is 9.47 Å². The molecule has 2 aromatic rings. The summed E-state index contributed by atoms with van der Waals surface area (Å²) in [6, 6.07) is 8.03. The summed E-state index contributed by atoms with van der Waals surface area (Å²) in [6.07, 6.45) is 1.94.